The molecule has 0 unspecified atom stereocenters. The molecule has 2 heterocycles. The molecule has 0 aliphatic carbocycles. The average molecular weight is 400 g/mol. The molecule has 3 rings (SSSR count). The molecule has 2 N–H and O–H groups in total. The summed E-state index contributed by atoms with van der Waals surface area (Å²) in [7, 11) is -0.424. The molecule has 158 valence electrons. The Bertz CT molecular complexity index is 882. The SMILES string of the molecule is C[C@H](Cc1c[nH]c2c(B3OC(C)(C)C(C)(C)O3)cccc12)NC(=O)OC(C)(C)C. The van der Waals surface area contributed by atoms with Crippen molar-refractivity contribution in [3.63, 3.8) is 0 Å². The van der Waals surface area contributed by atoms with Gasteiger partial charge >= 0.3 is 13.2 Å². The van der Waals surface area contributed by atoms with Gasteiger partial charge in [0.25, 0.3) is 0 Å². The van der Waals surface area contributed by atoms with Crippen molar-refractivity contribution in [2.45, 2.75) is 84.7 Å². The Morgan fingerprint density at radius 2 is 1.83 bits per heavy atom. The number of hydrogen-bond acceptors (Lipinski definition) is 4. The number of H-pyrrole nitrogens is 1. The smallest absolute Gasteiger partial charge is 0.444 e. The second kappa shape index (κ2) is 7.36. The summed E-state index contributed by atoms with van der Waals surface area (Å²) in [5.41, 5.74) is 1.83. The van der Waals surface area contributed by atoms with Crippen LogP contribution in [0, 0.1) is 0 Å². The van der Waals surface area contributed by atoms with Gasteiger partial charge in [0.15, 0.2) is 0 Å². The maximum Gasteiger partial charge on any atom is 0.497 e. The van der Waals surface area contributed by atoms with Gasteiger partial charge in [-0.3, -0.25) is 0 Å². The number of aromatic nitrogens is 1. The van der Waals surface area contributed by atoms with Crippen LogP contribution in [0.2, 0.25) is 0 Å². The highest BCUT2D eigenvalue weighted by atomic mass is 16.7. The minimum atomic E-state index is -0.512. The summed E-state index contributed by atoms with van der Waals surface area (Å²) in [6, 6.07) is 6.07. The van der Waals surface area contributed by atoms with Crippen LogP contribution in [0.5, 0.6) is 0 Å². The Balaban J connectivity index is 1.78. The quantitative estimate of drug-likeness (QED) is 0.763. The van der Waals surface area contributed by atoms with Gasteiger partial charge in [0.2, 0.25) is 0 Å². The number of amides is 1. The Hall–Kier alpha value is -1.99. The van der Waals surface area contributed by atoms with Crippen LogP contribution in [0.4, 0.5) is 4.79 Å². The van der Waals surface area contributed by atoms with Gasteiger partial charge in [0, 0.05) is 28.6 Å². The molecule has 1 aromatic carbocycles. The number of alkyl carbamates (subject to hydrolysis) is 1. The van der Waals surface area contributed by atoms with Gasteiger partial charge in [-0.05, 0) is 67.4 Å². The van der Waals surface area contributed by atoms with Crippen LogP contribution in [0.15, 0.2) is 24.4 Å². The number of aromatic amines is 1. The van der Waals surface area contributed by atoms with E-state index in [1.54, 1.807) is 0 Å². The summed E-state index contributed by atoms with van der Waals surface area (Å²) >= 11 is 0. The zero-order chi connectivity index (χ0) is 21.6. The van der Waals surface area contributed by atoms with Crippen molar-refractivity contribution in [3.05, 3.63) is 30.0 Å². The highest BCUT2D eigenvalue weighted by Gasteiger charge is 2.52. The van der Waals surface area contributed by atoms with Crippen LogP contribution in [0.3, 0.4) is 0 Å². The van der Waals surface area contributed by atoms with Crippen molar-refractivity contribution in [2.24, 2.45) is 0 Å². The molecule has 1 aliphatic rings. The molecule has 0 radical (unpaired) electrons. The monoisotopic (exact) mass is 400 g/mol. The number of hydrogen-bond donors (Lipinski definition) is 2. The molecule has 6 nitrogen and oxygen atoms in total. The van der Waals surface area contributed by atoms with E-state index in [0.29, 0.717) is 6.42 Å². The maximum absolute atomic E-state index is 12.0. The largest absolute Gasteiger partial charge is 0.497 e. The van der Waals surface area contributed by atoms with Crippen molar-refractivity contribution < 1.29 is 18.8 Å². The van der Waals surface area contributed by atoms with E-state index in [-0.39, 0.29) is 17.2 Å². The molecule has 0 saturated carbocycles. The molecular formula is C22H33BN2O4. The first-order valence-corrected chi connectivity index (χ1v) is 10.2. The number of fused-ring (bicyclic) bond motifs is 1. The summed E-state index contributed by atoms with van der Waals surface area (Å²) in [5, 5.41) is 4.01. The van der Waals surface area contributed by atoms with E-state index in [1.807, 2.05) is 46.0 Å². The second-order valence-corrected chi connectivity index (χ2v) is 9.92. The van der Waals surface area contributed by atoms with Crippen LogP contribution in [0.1, 0.15) is 61.0 Å². The van der Waals surface area contributed by atoms with Crippen LogP contribution in [-0.2, 0) is 20.5 Å². The number of para-hydroxylation sites is 1. The Kier molecular flexibility index (Phi) is 5.52. The van der Waals surface area contributed by atoms with E-state index in [1.165, 1.54) is 0 Å². The van der Waals surface area contributed by atoms with Gasteiger partial charge in [-0.25, -0.2) is 4.79 Å². The van der Waals surface area contributed by atoms with Gasteiger partial charge in [0.1, 0.15) is 5.60 Å². The molecule has 2 aromatic rings. The topological polar surface area (TPSA) is 72.6 Å². The number of rotatable bonds is 4. The summed E-state index contributed by atoms with van der Waals surface area (Å²) < 4.78 is 17.8. The standard InChI is InChI=1S/C22H33BN2O4/c1-14(25-19(26)27-20(2,3)4)12-15-13-24-18-16(15)10-9-11-17(18)23-28-21(5,6)22(7,8)29-23/h9-11,13-14,24H,12H2,1-8H3,(H,25,26)/t14-/m1/s1. The van der Waals surface area contributed by atoms with Gasteiger partial charge < -0.3 is 24.3 Å². The lowest BCUT2D eigenvalue weighted by Crippen LogP contribution is -2.41. The van der Waals surface area contributed by atoms with Crippen molar-refractivity contribution in [1.29, 1.82) is 0 Å². The van der Waals surface area contributed by atoms with Crippen LogP contribution in [-0.4, -0.2) is 41.0 Å². The first-order valence-electron chi connectivity index (χ1n) is 10.2. The van der Waals surface area contributed by atoms with Gasteiger partial charge in [-0.15, -0.1) is 0 Å². The zero-order valence-electron chi connectivity index (χ0n) is 18.8. The normalized spacial score (nSPS) is 19.4. The first-order chi connectivity index (χ1) is 13.3. The van der Waals surface area contributed by atoms with Crippen LogP contribution < -0.4 is 10.8 Å². The van der Waals surface area contributed by atoms with E-state index in [2.05, 4.69) is 44.1 Å². The summed E-state index contributed by atoms with van der Waals surface area (Å²) in [4.78, 5) is 15.4. The summed E-state index contributed by atoms with van der Waals surface area (Å²) in [6.45, 7) is 15.8. The Labute approximate surface area is 173 Å². The van der Waals surface area contributed by atoms with Gasteiger partial charge in [0.05, 0.1) is 11.2 Å². The fraction of sp³-hybridized carbons (Fsp3) is 0.591. The number of carbonyl (C=O) groups excluding carboxylic acids is 1. The molecule has 1 atom stereocenters. The number of benzene rings is 1. The van der Waals surface area contributed by atoms with Crippen LogP contribution in [0.25, 0.3) is 10.9 Å². The summed E-state index contributed by atoms with van der Waals surface area (Å²) in [6.07, 6.45) is 2.28. The fourth-order valence-corrected chi connectivity index (χ4v) is 3.46. The molecule has 1 fully saturated rings. The van der Waals surface area contributed by atoms with Crippen molar-refractivity contribution in [1.82, 2.24) is 10.3 Å². The van der Waals surface area contributed by atoms with E-state index in [4.69, 9.17) is 14.0 Å². The Morgan fingerprint density at radius 1 is 1.21 bits per heavy atom. The van der Waals surface area contributed by atoms with Gasteiger partial charge in [-0.1, -0.05) is 18.2 Å². The molecule has 1 aromatic heterocycles. The third-order valence-corrected chi connectivity index (χ3v) is 5.63. The number of nitrogens with one attached hydrogen (secondary N) is 2. The molecule has 1 amide bonds. The molecule has 0 spiro atoms. The molecule has 0 bridgehead atoms. The number of carbonyl (C=O) groups is 1. The fourth-order valence-electron chi connectivity index (χ4n) is 3.46. The third kappa shape index (κ3) is 4.62. The number of ether oxygens (including phenoxy) is 1. The predicted octanol–water partition coefficient (Wildman–Crippen LogP) is 3.92. The maximum atomic E-state index is 12.0. The third-order valence-electron chi connectivity index (χ3n) is 5.63. The molecule has 1 aliphatic heterocycles. The zero-order valence-corrected chi connectivity index (χ0v) is 18.8. The van der Waals surface area contributed by atoms with Gasteiger partial charge in [-0.2, -0.15) is 0 Å². The first kappa shape index (κ1) is 21.7. The molecule has 1 saturated heterocycles. The minimum Gasteiger partial charge on any atom is -0.444 e. The van der Waals surface area contributed by atoms with E-state index in [0.717, 1.165) is 21.9 Å². The van der Waals surface area contributed by atoms with E-state index in [9.17, 15) is 4.79 Å². The average Bonchev–Trinajstić information content (AvgIpc) is 3.03. The van der Waals surface area contributed by atoms with Crippen molar-refractivity contribution in [2.75, 3.05) is 0 Å². The minimum absolute atomic E-state index is 0.0654. The van der Waals surface area contributed by atoms with E-state index >= 15 is 0 Å². The molecular weight excluding hydrogens is 367 g/mol. The lowest BCUT2D eigenvalue weighted by molar-refractivity contribution is 0.00578. The second-order valence-electron chi connectivity index (χ2n) is 9.92. The lowest BCUT2D eigenvalue weighted by atomic mass is 9.77. The molecule has 7 heteroatoms. The highest BCUT2D eigenvalue weighted by molar-refractivity contribution is 6.65. The Morgan fingerprint density at radius 3 is 2.41 bits per heavy atom. The lowest BCUT2D eigenvalue weighted by Gasteiger charge is -2.32. The summed E-state index contributed by atoms with van der Waals surface area (Å²) in [5.74, 6) is 0. The highest BCUT2D eigenvalue weighted by Crippen LogP contribution is 2.37. The van der Waals surface area contributed by atoms with Crippen molar-refractivity contribution >= 4 is 29.6 Å². The van der Waals surface area contributed by atoms with E-state index < -0.39 is 18.8 Å². The van der Waals surface area contributed by atoms with Crippen molar-refractivity contribution in [3.8, 4) is 0 Å². The van der Waals surface area contributed by atoms with Crippen LogP contribution >= 0.6 is 0 Å². The predicted molar refractivity (Wildman–Crippen MR) is 117 cm³/mol. The molecule has 29 heavy (non-hydrogen) atoms.